The highest BCUT2D eigenvalue weighted by Gasteiger charge is 2.29. The average molecular weight is 486 g/mol. The second kappa shape index (κ2) is 10.5. The van der Waals surface area contributed by atoms with Gasteiger partial charge in [0.2, 0.25) is 5.88 Å². The summed E-state index contributed by atoms with van der Waals surface area (Å²) in [5, 5.41) is 10.2. The summed E-state index contributed by atoms with van der Waals surface area (Å²) < 4.78 is 33.7. The molecule has 0 amide bonds. The fourth-order valence-electron chi connectivity index (χ4n) is 2.74. The van der Waals surface area contributed by atoms with Crippen molar-refractivity contribution in [2.45, 2.75) is 12.5 Å². The summed E-state index contributed by atoms with van der Waals surface area (Å²) in [4.78, 5) is 13.9. The number of phosphoric ester groups is 1. The van der Waals surface area contributed by atoms with Gasteiger partial charge >= 0.3 is 12.7 Å². The summed E-state index contributed by atoms with van der Waals surface area (Å²) in [6.07, 6.45) is -0.354. The van der Waals surface area contributed by atoms with Crippen molar-refractivity contribution in [1.82, 2.24) is 4.98 Å². The molecule has 0 saturated carbocycles. The van der Waals surface area contributed by atoms with Crippen LogP contribution < -0.4 is 9.61 Å². The van der Waals surface area contributed by atoms with Crippen LogP contribution in [-0.4, -0.2) is 30.9 Å². The van der Waals surface area contributed by atoms with Crippen molar-refractivity contribution >= 4 is 30.8 Å². The summed E-state index contributed by atoms with van der Waals surface area (Å²) in [6, 6.07) is 14.1. The van der Waals surface area contributed by atoms with Gasteiger partial charge in [-0.1, -0.05) is 47.2 Å². The molecule has 0 aliphatic heterocycles. The largest absolute Gasteiger partial charge is 0.494 e. The number of aromatic nitrogens is 1. The van der Waals surface area contributed by atoms with E-state index in [1.54, 1.807) is 36.4 Å². The molecule has 0 radical (unpaired) electrons. The van der Waals surface area contributed by atoms with Crippen LogP contribution in [0.4, 0.5) is 0 Å². The number of halogens is 1. The monoisotopic (exact) mass is 485 g/mol. The fourth-order valence-corrected chi connectivity index (χ4v) is 4.52. The zero-order chi connectivity index (χ0) is 22.4. The molecule has 0 bridgehead atoms. The molecular formula is C20H21ClNO7PS. The average Bonchev–Trinajstić information content (AvgIpc) is 3.08. The van der Waals surface area contributed by atoms with Crippen molar-refractivity contribution in [3.8, 4) is 11.6 Å². The van der Waals surface area contributed by atoms with Gasteiger partial charge in [0.25, 0.3) is 0 Å². The predicted octanol–water partition coefficient (Wildman–Crippen LogP) is 4.92. The van der Waals surface area contributed by atoms with Crippen LogP contribution in [0.25, 0.3) is 0 Å². The molecule has 8 nitrogen and oxygen atoms in total. The number of hydrogen-bond acceptors (Lipinski definition) is 8. The van der Waals surface area contributed by atoms with E-state index >= 15 is 0 Å². The standard InChI is InChI=1S/C20H21ClNO7PS/c1-26-30(25,27-2)29-17(14-4-3-5-15(21)11-14)12-28-16-8-6-13(7-9-16)10-18-19(23)22-20(24)31-18/h3-9,11,17,23H,10,12H2,1-2H3,(H,22,24). The van der Waals surface area contributed by atoms with Gasteiger partial charge in [-0.2, -0.15) is 0 Å². The second-order valence-corrected chi connectivity index (χ2v) is 9.72. The third-order valence-electron chi connectivity index (χ3n) is 4.31. The van der Waals surface area contributed by atoms with Crippen molar-refractivity contribution in [3.05, 3.63) is 79.2 Å². The van der Waals surface area contributed by atoms with E-state index in [9.17, 15) is 14.5 Å². The van der Waals surface area contributed by atoms with Gasteiger partial charge in [-0.25, -0.2) is 4.57 Å². The van der Waals surface area contributed by atoms with Crippen LogP contribution in [-0.2, 0) is 24.6 Å². The fraction of sp³-hybridized carbons (Fsp3) is 0.250. The van der Waals surface area contributed by atoms with Crippen LogP contribution in [0, 0.1) is 0 Å². The molecule has 1 aromatic heterocycles. The van der Waals surface area contributed by atoms with E-state index in [0.717, 1.165) is 16.9 Å². The zero-order valence-corrected chi connectivity index (χ0v) is 19.2. The van der Waals surface area contributed by atoms with Crippen molar-refractivity contribution in [1.29, 1.82) is 0 Å². The predicted molar refractivity (Wildman–Crippen MR) is 118 cm³/mol. The number of phosphoric acid groups is 1. The lowest BCUT2D eigenvalue weighted by atomic mass is 10.1. The third-order valence-corrected chi connectivity index (χ3v) is 6.83. The Bertz CT molecular complexity index is 1110. The molecule has 31 heavy (non-hydrogen) atoms. The highest BCUT2D eigenvalue weighted by Crippen LogP contribution is 2.51. The molecule has 1 unspecified atom stereocenters. The minimum atomic E-state index is -3.76. The molecular weight excluding hydrogens is 465 g/mol. The summed E-state index contributed by atoms with van der Waals surface area (Å²) in [7, 11) is -1.29. The first kappa shape index (κ1) is 23.5. The van der Waals surface area contributed by atoms with E-state index in [4.69, 9.17) is 29.9 Å². The SMILES string of the molecule is COP(=O)(OC)OC(COc1ccc(Cc2sc(=O)[nH]c2O)cc1)c1cccc(Cl)c1. The first-order valence-corrected chi connectivity index (χ1v) is 11.8. The number of thiazole rings is 1. The van der Waals surface area contributed by atoms with E-state index in [2.05, 4.69) is 4.98 Å². The Hall–Kier alpha value is -2.13. The third kappa shape index (κ3) is 6.43. The minimum absolute atomic E-state index is 0.0244. The number of hydrogen-bond donors (Lipinski definition) is 2. The van der Waals surface area contributed by atoms with Crippen LogP contribution in [0.15, 0.2) is 53.3 Å². The highest BCUT2D eigenvalue weighted by atomic mass is 35.5. The van der Waals surface area contributed by atoms with Gasteiger partial charge in [-0.15, -0.1) is 0 Å². The van der Waals surface area contributed by atoms with E-state index in [1.807, 2.05) is 12.1 Å². The molecule has 0 spiro atoms. The maximum absolute atomic E-state index is 12.5. The summed E-state index contributed by atoms with van der Waals surface area (Å²) >= 11 is 7.04. The van der Waals surface area contributed by atoms with E-state index < -0.39 is 13.9 Å². The molecule has 1 atom stereocenters. The maximum atomic E-state index is 12.5. The molecule has 2 N–H and O–H groups in total. The van der Waals surface area contributed by atoms with E-state index in [1.165, 1.54) is 14.2 Å². The number of benzene rings is 2. The van der Waals surface area contributed by atoms with Gasteiger partial charge < -0.3 is 9.84 Å². The number of aromatic amines is 1. The molecule has 3 rings (SSSR count). The van der Waals surface area contributed by atoms with Crippen molar-refractivity contribution in [3.63, 3.8) is 0 Å². The Labute approximate surface area is 187 Å². The van der Waals surface area contributed by atoms with Gasteiger partial charge in [0.1, 0.15) is 18.5 Å². The minimum Gasteiger partial charge on any atom is -0.494 e. The van der Waals surface area contributed by atoms with Gasteiger partial charge in [0, 0.05) is 25.7 Å². The maximum Gasteiger partial charge on any atom is 0.474 e. The molecule has 166 valence electrons. The van der Waals surface area contributed by atoms with Gasteiger partial charge in [0.05, 0.1) is 4.88 Å². The molecule has 0 fully saturated rings. The zero-order valence-electron chi connectivity index (χ0n) is 16.7. The van der Waals surface area contributed by atoms with Crippen LogP contribution in [0.5, 0.6) is 11.6 Å². The Kier molecular flexibility index (Phi) is 7.94. The van der Waals surface area contributed by atoms with Gasteiger partial charge in [-0.05, 0) is 35.4 Å². The lowest BCUT2D eigenvalue weighted by molar-refractivity contribution is 0.0719. The highest BCUT2D eigenvalue weighted by molar-refractivity contribution is 7.48. The topological polar surface area (TPSA) is 107 Å². The Morgan fingerprint density at radius 1 is 1.16 bits per heavy atom. The van der Waals surface area contributed by atoms with Crippen molar-refractivity contribution < 1.29 is 28.0 Å². The second-order valence-electron chi connectivity index (χ2n) is 6.38. The van der Waals surface area contributed by atoms with Crippen LogP contribution in [0.1, 0.15) is 22.1 Å². The number of H-pyrrole nitrogens is 1. The van der Waals surface area contributed by atoms with Gasteiger partial charge in [-0.3, -0.25) is 23.3 Å². The lowest BCUT2D eigenvalue weighted by Gasteiger charge is -2.22. The number of ether oxygens (including phenoxy) is 1. The number of rotatable bonds is 10. The first-order chi connectivity index (χ1) is 14.8. The van der Waals surface area contributed by atoms with Crippen molar-refractivity contribution in [2.24, 2.45) is 0 Å². The Morgan fingerprint density at radius 2 is 1.87 bits per heavy atom. The van der Waals surface area contributed by atoms with Crippen molar-refractivity contribution in [2.75, 3.05) is 20.8 Å². The molecule has 0 aliphatic carbocycles. The molecule has 3 aromatic rings. The molecule has 1 heterocycles. The first-order valence-electron chi connectivity index (χ1n) is 9.10. The molecule has 2 aromatic carbocycles. The summed E-state index contributed by atoms with van der Waals surface area (Å²) in [5.74, 6) is 0.438. The number of nitrogens with one attached hydrogen (secondary N) is 1. The summed E-state index contributed by atoms with van der Waals surface area (Å²) in [6.45, 7) is 0.0244. The van der Waals surface area contributed by atoms with Crippen LogP contribution >= 0.6 is 30.8 Å². The lowest BCUT2D eigenvalue weighted by Crippen LogP contribution is -2.14. The van der Waals surface area contributed by atoms with Crippen LogP contribution in [0.2, 0.25) is 5.02 Å². The summed E-state index contributed by atoms with van der Waals surface area (Å²) in [5.41, 5.74) is 1.54. The van der Waals surface area contributed by atoms with Crippen LogP contribution in [0.3, 0.4) is 0 Å². The van der Waals surface area contributed by atoms with Gasteiger partial charge in [0.15, 0.2) is 0 Å². The Morgan fingerprint density at radius 3 is 2.45 bits per heavy atom. The smallest absolute Gasteiger partial charge is 0.474 e. The number of aromatic hydroxyl groups is 1. The molecule has 11 heteroatoms. The van der Waals surface area contributed by atoms with E-state index in [-0.39, 0.29) is 17.4 Å². The quantitative estimate of drug-likeness (QED) is 0.392. The Balaban J connectivity index is 1.71. The van der Waals surface area contributed by atoms with E-state index in [0.29, 0.717) is 27.6 Å². The molecule has 0 saturated heterocycles. The normalized spacial score (nSPS) is 12.6. The molecule has 0 aliphatic rings.